The zero-order chi connectivity index (χ0) is 14.8. The molecule has 0 spiro atoms. The number of ether oxygens (including phenoxy) is 2. The molecule has 0 amide bonds. The lowest BCUT2D eigenvalue weighted by Gasteiger charge is -2.14. The van der Waals surface area contributed by atoms with E-state index in [-0.39, 0.29) is 6.10 Å². The summed E-state index contributed by atoms with van der Waals surface area (Å²) in [6.45, 7) is 2.77. The number of para-hydroxylation sites is 1. The number of methoxy groups -OCH3 is 1. The lowest BCUT2D eigenvalue weighted by molar-refractivity contribution is 0.225. The van der Waals surface area contributed by atoms with Crippen molar-refractivity contribution in [1.82, 2.24) is 0 Å². The number of rotatable bonds is 4. The van der Waals surface area contributed by atoms with E-state index >= 15 is 0 Å². The molecular formula is C18H21NO2. The average molecular weight is 283 g/mol. The van der Waals surface area contributed by atoms with Gasteiger partial charge in [-0.05, 0) is 43.1 Å². The van der Waals surface area contributed by atoms with Gasteiger partial charge < -0.3 is 15.2 Å². The van der Waals surface area contributed by atoms with Crippen LogP contribution in [0, 0.1) is 6.92 Å². The van der Waals surface area contributed by atoms with Crippen LogP contribution < -0.4 is 15.2 Å². The molecule has 1 heterocycles. The van der Waals surface area contributed by atoms with Gasteiger partial charge in [0, 0.05) is 17.5 Å². The Morgan fingerprint density at radius 3 is 2.81 bits per heavy atom. The average Bonchev–Trinajstić information content (AvgIpc) is 2.89. The molecule has 3 rings (SSSR count). The van der Waals surface area contributed by atoms with Crippen molar-refractivity contribution in [3.05, 3.63) is 47.5 Å². The Labute approximate surface area is 125 Å². The van der Waals surface area contributed by atoms with E-state index in [2.05, 4.69) is 25.1 Å². The number of aryl methyl sites for hydroxylation is 1. The first kappa shape index (κ1) is 14.0. The first-order valence-corrected chi connectivity index (χ1v) is 7.36. The van der Waals surface area contributed by atoms with Crippen molar-refractivity contribution in [2.45, 2.75) is 25.9 Å². The Morgan fingerprint density at radius 1 is 1.24 bits per heavy atom. The van der Waals surface area contributed by atoms with Crippen molar-refractivity contribution in [3.63, 3.8) is 0 Å². The highest BCUT2D eigenvalue weighted by Crippen LogP contribution is 2.43. The van der Waals surface area contributed by atoms with Gasteiger partial charge in [0.25, 0.3) is 0 Å². The van der Waals surface area contributed by atoms with Gasteiger partial charge in [-0.3, -0.25) is 0 Å². The lowest BCUT2D eigenvalue weighted by Crippen LogP contribution is -2.17. The van der Waals surface area contributed by atoms with Gasteiger partial charge in [-0.2, -0.15) is 0 Å². The molecule has 0 saturated heterocycles. The predicted molar refractivity (Wildman–Crippen MR) is 85.0 cm³/mol. The molecule has 2 aromatic rings. The SMILES string of the molecule is COc1ccccc1-c1cc(C)cc2c1OC(CCN)C2. The van der Waals surface area contributed by atoms with Crippen LogP contribution in [0.5, 0.6) is 11.5 Å². The second-order valence-corrected chi connectivity index (χ2v) is 5.52. The molecule has 2 aromatic carbocycles. The Balaban J connectivity index is 2.09. The molecule has 110 valence electrons. The van der Waals surface area contributed by atoms with Crippen LogP contribution in [0.25, 0.3) is 11.1 Å². The second-order valence-electron chi connectivity index (χ2n) is 5.52. The van der Waals surface area contributed by atoms with Gasteiger partial charge >= 0.3 is 0 Å². The fraction of sp³-hybridized carbons (Fsp3) is 0.333. The van der Waals surface area contributed by atoms with Crippen LogP contribution in [0.4, 0.5) is 0 Å². The Bertz CT molecular complexity index is 652. The Morgan fingerprint density at radius 2 is 2.05 bits per heavy atom. The minimum atomic E-state index is 0.195. The van der Waals surface area contributed by atoms with Crippen molar-refractivity contribution < 1.29 is 9.47 Å². The molecule has 3 nitrogen and oxygen atoms in total. The molecule has 1 unspecified atom stereocenters. The normalized spacial score (nSPS) is 16.4. The molecule has 3 heteroatoms. The lowest BCUT2D eigenvalue weighted by atomic mass is 9.97. The van der Waals surface area contributed by atoms with E-state index < -0.39 is 0 Å². The largest absolute Gasteiger partial charge is 0.496 e. The minimum Gasteiger partial charge on any atom is -0.496 e. The molecule has 0 aliphatic carbocycles. The molecule has 1 aliphatic heterocycles. The number of hydrogen-bond acceptors (Lipinski definition) is 3. The van der Waals surface area contributed by atoms with Crippen molar-refractivity contribution in [2.75, 3.05) is 13.7 Å². The smallest absolute Gasteiger partial charge is 0.131 e. The molecule has 2 N–H and O–H groups in total. The van der Waals surface area contributed by atoms with Crippen molar-refractivity contribution in [3.8, 4) is 22.6 Å². The van der Waals surface area contributed by atoms with E-state index in [1.54, 1.807) is 7.11 Å². The summed E-state index contributed by atoms with van der Waals surface area (Å²) >= 11 is 0. The van der Waals surface area contributed by atoms with Gasteiger partial charge in [0.05, 0.1) is 7.11 Å². The third-order valence-electron chi connectivity index (χ3n) is 3.93. The zero-order valence-corrected chi connectivity index (χ0v) is 12.6. The molecule has 0 bridgehead atoms. The highest BCUT2D eigenvalue weighted by molar-refractivity contribution is 5.78. The van der Waals surface area contributed by atoms with Gasteiger partial charge in [0.2, 0.25) is 0 Å². The summed E-state index contributed by atoms with van der Waals surface area (Å²) in [6.07, 6.45) is 2.02. The molecule has 0 aromatic heterocycles. The van der Waals surface area contributed by atoms with Crippen molar-refractivity contribution >= 4 is 0 Å². The Kier molecular flexibility index (Phi) is 3.84. The van der Waals surface area contributed by atoms with Crippen LogP contribution in [0.2, 0.25) is 0 Å². The quantitative estimate of drug-likeness (QED) is 0.936. The first-order valence-electron chi connectivity index (χ1n) is 7.36. The summed E-state index contributed by atoms with van der Waals surface area (Å²) in [4.78, 5) is 0. The van der Waals surface area contributed by atoms with E-state index in [0.717, 1.165) is 35.5 Å². The molecule has 1 atom stereocenters. The van der Waals surface area contributed by atoms with Crippen molar-refractivity contribution in [2.24, 2.45) is 5.73 Å². The number of nitrogens with two attached hydrogens (primary N) is 1. The maximum absolute atomic E-state index is 6.15. The van der Waals surface area contributed by atoms with Gasteiger partial charge in [-0.25, -0.2) is 0 Å². The van der Waals surface area contributed by atoms with Gasteiger partial charge in [0.15, 0.2) is 0 Å². The second kappa shape index (κ2) is 5.78. The third kappa shape index (κ3) is 2.61. The van der Waals surface area contributed by atoms with Crippen LogP contribution in [0.15, 0.2) is 36.4 Å². The van der Waals surface area contributed by atoms with Gasteiger partial charge in [-0.1, -0.05) is 24.3 Å². The van der Waals surface area contributed by atoms with Crippen LogP contribution in [-0.4, -0.2) is 19.8 Å². The number of benzene rings is 2. The van der Waals surface area contributed by atoms with Crippen LogP contribution in [0.3, 0.4) is 0 Å². The number of hydrogen-bond donors (Lipinski definition) is 1. The fourth-order valence-corrected chi connectivity index (χ4v) is 3.01. The topological polar surface area (TPSA) is 44.5 Å². The number of fused-ring (bicyclic) bond motifs is 1. The molecule has 0 fully saturated rings. The molecular weight excluding hydrogens is 262 g/mol. The standard InChI is InChI=1S/C18H21NO2/c1-12-9-13-11-14(7-8-19)21-18(13)16(10-12)15-5-3-4-6-17(15)20-2/h3-6,9-10,14H,7-8,11,19H2,1-2H3. The maximum atomic E-state index is 6.15. The summed E-state index contributed by atoms with van der Waals surface area (Å²) in [5.41, 5.74) is 10.4. The third-order valence-corrected chi connectivity index (χ3v) is 3.93. The van der Waals surface area contributed by atoms with Crippen LogP contribution >= 0.6 is 0 Å². The summed E-state index contributed by atoms with van der Waals surface area (Å²) < 4.78 is 11.6. The Hall–Kier alpha value is -2.00. The maximum Gasteiger partial charge on any atom is 0.131 e. The van der Waals surface area contributed by atoms with Gasteiger partial charge in [0.1, 0.15) is 17.6 Å². The highest BCUT2D eigenvalue weighted by Gasteiger charge is 2.26. The van der Waals surface area contributed by atoms with Gasteiger partial charge in [-0.15, -0.1) is 0 Å². The van der Waals surface area contributed by atoms with E-state index in [4.69, 9.17) is 15.2 Å². The molecule has 0 radical (unpaired) electrons. The molecule has 21 heavy (non-hydrogen) atoms. The van der Waals surface area contributed by atoms with Crippen LogP contribution in [-0.2, 0) is 6.42 Å². The molecule has 1 aliphatic rings. The minimum absolute atomic E-state index is 0.195. The van der Waals surface area contributed by atoms with Crippen molar-refractivity contribution in [1.29, 1.82) is 0 Å². The summed E-state index contributed by atoms with van der Waals surface area (Å²) in [5, 5.41) is 0. The van der Waals surface area contributed by atoms with E-state index in [1.165, 1.54) is 11.1 Å². The van der Waals surface area contributed by atoms with E-state index in [0.29, 0.717) is 6.54 Å². The van der Waals surface area contributed by atoms with E-state index in [1.807, 2.05) is 18.2 Å². The highest BCUT2D eigenvalue weighted by atomic mass is 16.5. The summed E-state index contributed by atoms with van der Waals surface area (Å²) in [6, 6.07) is 12.4. The zero-order valence-electron chi connectivity index (χ0n) is 12.6. The monoisotopic (exact) mass is 283 g/mol. The van der Waals surface area contributed by atoms with E-state index in [9.17, 15) is 0 Å². The first-order chi connectivity index (χ1) is 10.2. The summed E-state index contributed by atoms with van der Waals surface area (Å²) in [7, 11) is 1.70. The summed E-state index contributed by atoms with van der Waals surface area (Å²) in [5.74, 6) is 1.86. The molecule has 0 saturated carbocycles. The predicted octanol–water partition coefficient (Wildman–Crippen LogP) is 3.32. The van der Waals surface area contributed by atoms with Crippen LogP contribution in [0.1, 0.15) is 17.5 Å². The fourth-order valence-electron chi connectivity index (χ4n) is 3.01.